The zero-order valence-electron chi connectivity index (χ0n) is 9.14. The van der Waals surface area contributed by atoms with Crippen LogP contribution in [-0.4, -0.2) is 19.3 Å². The Bertz CT molecular complexity index is 334. The summed E-state index contributed by atoms with van der Waals surface area (Å²) in [6.45, 7) is 3.00. The lowest BCUT2D eigenvalue weighted by Gasteiger charge is -2.15. The maximum atomic E-state index is 5.58. The molecule has 15 heavy (non-hydrogen) atoms. The molecule has 1 aromatic rings. The topological polar surface area (TPSA) is 38.0 Å². The van der Waals surface area contributed by atoms with Crippen LogP contribution in [0.1, 0.15) is 22.4 Å². The van der Waals surface area contributed by atoms with Gasteiger partial charge >= 0.3 is 0 Å². The van der Waals surface area contributed by atoms with Crippen molar-refractivity contribution < 1.29 is 0 Å². The number of nitrogens with one attached hydrogen (secondary N) is 1. The molecular weight excluding hydrogens is 224 g/mol. The van der Waals surface area contributed by atoms with Crippen molar-refractivity contribution in [3.05, 3.63) is 16.0 Å². The van der Waals surface area contributed by atoms with Gasteiger partial charge in [-0.1, -0.05) is 0 Å². The van der Waals surface area contributed by atoms with Crippen LogP contribution < -0.4 is 11.1 Å². The van der Waals surface area contributed by atoms with Crippen LogP contribution in [0.2, 0.25) is 0 Å². The molecule has 2 rings (SSSR count). The molecule has 0 amide bonds. The molecule has 0 radical (unpaired) electrons. The Morgan fingerprint density at radius 1 is 1.47 bits per heavy atom. The molecule has 3 N–H and O–H groups in total. The molecule has 0 bridgehead atoms. The van der Waals surface area contributed by atoms with Crippen LogP contribution in [0.25, 0.3) is 0 Å². The summed E-state index contributed by atoms with van der Waals surface area (Å²) in [5, 5.41) is 3.45. The fraction of sp³-hybridized carbons (Fsp3) is 0.636. The highest BCUT2D eigenvalue weighted by molar-refractivity contribution is 8.00. The van der Waals surface area contributed by atoms with Crippen molar-refractivity contribution in [2.75, 3.05) is 19.3 Å². The second-order valence-corrected chi connectivity index (χ2v) is 5.97. The summed E-state index contributed by atoms with van der Waals surface area (Å²) in [5.41, 5.74) is 8.76. The van der Waals surface area contributed by atoms with Gasteiger partial charge in [0, 0.05) is 11.4 Å². The van der Waals surface area contributed by atoms with Crippen LogP contribution >= 0.6 is 23.1 Å². The number of hydrogen-bond donors (Lipinski definition) is 2. The van der Waals surface area contributed by atoms with E-state index in [1.165, 1.54) is 17.1 Å². The smallest absolute Gasteiger partial charge is 0.0646 e. The van der Waals surface area contributed by atoms with Crippen molar-refractivity contribution in [3.8, 4) is 0 Å². The third-order valence-corrected chi connectivity index (χ3v) is 5.31. The monoisotopic (exact) mass is 242 g/mol. The first-order valence-corrected chi connectivity index (χ1v) is 7.49. The lowest BCUT2D eigenvalue weighted by Crippen LogP contribution is -2.23. The Morgan fingerprint density at radius 2 is 2.33 bits per heavy atom. The zero-order valence-corrected chi connectivity index (χ0v) is 10.8. The van der Waals surface area contributed by atoms with Gasteiger partial charge in [-0.05, 0) is 49.7 Å². The third-order valence-electron chi connectivity index (χ3n) is 2.81. The normalized spacial score (nSPS) is 15.3. The zero-order chi connectivity index (χ0) is 10.7. The molecule has 0 atom stereocenters. The standard InChI is InChI=1S/C11H18N2S2/c1-14-11-9-7-13-6-4-8(9)10(15-11)3-2-5-12/h13H,2-7,12H2,1H3. The lowest BCUT2D eigenvalue weighted by atomic mass is 10.0. The number of fused-ring (bicyclic) bond motifs is 1. The van der Waals surface area contributed by atoms with E-state index in [0.717, 1.165) is 26.1 Å². The minimum atomic E-state index is 0.805. The lowest BCUT2D eigenvalue weighted by molar-refractivity contribution is 0.636. The van der Waals surface area contributed by atoms with Crippen molar-refractivity contribution in [1.29, 1.82) is 0 Å². The minimum Gasteiger partial charge on any atom is -0.330 e. The molecule has 0 saturated heterocycles. The van der Waals surface area contributed by atoms with Crippen LogP contribution in [-0.2, 0) is 19.4 Å². The molecule has 4 heteroatoms. The van der Waals surface area contributed by atoms with Gasteiger partial charge < -0.3 is 11.1 Å². The average Bonchev–Trinajstić information content (AvgIpc) is 2.65. The summed E-state index contributed by atoms with van der Waals surface area (Å²) in [6.07, 6.45) is 5.66. The van der Waals surface area contributed by atoms with Crippen LogP contribution in [0.15, 0.2) is 4.21 Å². The van der Waals surface area contributed by atoms with Gasteiger partial charge in [0.2, 0.25) is 0 Å². The minimum absolute atomic E-state index is 0.805. The first kappa shape index (κ1) is 11.5. The van der Waals surface area contributed by atoms with Crippen LogP contribution in [0.3, 0.4) is 0 Å². The number of rotatable bonds is 4. The highest BCUT2D eigenvalue weighted by Gasteiger charge is 2.19. The van der Waals surface area contributed by atoms with E-state index in [2.05, 4.69) is 11.6 Å². The number of aryl methyl sites for hydroxylation is 1. The summed E-state index contributed by atoms with van der Waals surface area (Å²) < 4.78 is 1.50. The van der Waals surface area contributed by atoms with E-state index in [1.54, 1.807) is 16.0 Å². The number of thiophene rings is 1. The molecule has 0 fully saturated rings. The summed E-state index contributed by atoms with van der Waals surface area (Å²) in [4.78, 5) is 1.58. The van der Waals surface area contributed by atoms with Crippen molar-refractivity contribution in [3.63, 3.8) is 0 Å². The fourth-order valence-electron chi connectivity index (χ4n) is 2.05. The first-order valence-electron chi connectivity index (χ1n) is 5.45. The summed E-state index contributed by atoms with van der Waals surface area (Å²) in [7, 11) is 0. The van der Waals surface area contributed by atoms with Crippen LogP contribution in [0.4, 0.5) is 0 Å². The third kappa shape index (κ3) is 2.38. The van der Waals surface area contributed by atoms with E-state index in [1.807, 2.05) is 23.1 Å². The quantitative estimate of drug-likeness (QED) is 0.793. The van der Waals surface area contributed by atoms with E-state index in [9.17, 15) is 0 Å². The summed E-state index contributed by atoms with van der Waals surface area (Å²) in [5.74, 6) is 0. The fourth-order valence-corrected chi connectivity index (χ4v) is 4.27. The maximum Gasteiger partial charge on any atom is 0.0646 e. The number of hydrogen-bond acceptors (Lipinski definition) is 4. The van der Waals surface area contributed by atoms with Gasteiger partial charge in [0.05, 0.1) is 4.21 Å². The van der Waals surface area contributed by atoms with Gasteiger partial charge in [-0.15, -0.1) is 23.1 Å². The van der Waals surface area contributed by atoms with Gasteiger partial charge in [-0.25, -0.2) is 0 Å². The van der Waals surface area contributed by atoms with Gasteiger partial charge in [0.15, 0.2) is 0 Å². The van der Waals surface area contributed by atoms with Crippen LogP contribution in [0.5, 0.6) is 0 Å². The Kier molecular flexibility index (Phi) is 4.08. The molecule has 1 aliphatic rings. The molecule has 2 nitrogen and oxygen atoms in total. The molecule has 84 valence electrons. The molecule has 0 saturated carbocycles. The van der Waals surface area contributed by atoms with E-state index in [-0.39, 0.29) is 0 Å². The Hall–Kier alpha value is -0.0300. The highest BCUT2D eigenvalue weighted by Crippen LogP contribution is 2.37. The van der Waals surface area contributed by atoms with Crippen molar-refractivity contribution in [2.24, 2.45) is 5.73 Å². The second-order valence-electron chi connectivity index (χ2n) is 3.79. The predicted octanol–water partition coefficient (Wildman–Crippen LogP) is 2.01. The molecule has 1 aromatic heterocycles. The van der Waals surface area contributed by atoms with Crippen LogP contribution in [0, 0.1) is 0 Å². The van der Waals surface area contributed by atoms with Gasteiger partial charge in [0.25, 0.3) is 0 Å². The predicted molar refractivity (Wildman–Crippen MR) is 68.9 cm³/mol. The number of thioether (sulfide) groups is 1. The molecule has 0 aromatic carbocycles. The van der Waals surface area contributed by atoms with Crippen molar-refractivity contribution >= 4 is 23.1 Å². The second kappa shape index (κ2) is 5.34. The van der Waals surface area contributed by atoms with Crippen molar-refractivity contribution in [2.45, 2.75) is 30.0 Å². The van der Waals surface area contributed by atoms with Gasteiger partial charge in [-0.2, -0.15) is 0 Å². The van der Waals surface area contributed by atoms with Crippen molar-refractivity contribution in [1.82, 2.24) is 5.32 Å². The summed E-state index contributed by atoms with van der Waals surface area (Å²) >= 11 is 3.87. The largest absolute Gasteiger partial charge is 0.330 e. The summed E-state index contributed by atoms with van der Waals surface area (Å²) in [6, 6.07) is 0. The Morgan fingerprint density at radius 3 is 3.07 bits per heavy atom. The molecular formula is C11H18N2S2. The Labute approximate surface area is 99.6 Å². The maximum absolute atomic E-state index is 5.58. The molecule has 0 aliphatic carbocycles. The molecule has 0 unspecified atom stereocenters. The molecule has 0 spiro atoms. The molecule has 1 aliphatic heterocycles. The van der Waals surface area contributed by atoms with E-state index in [0.29, 0.717) is 0 Å². The highest BCUT2D eigenvalue weighted by atomic mass is 32.2. The van der Waals surface area contributed by atoms with Gasteiger partial charge in [-0.3, -0.25) is 0 Å². The Balaban J connectivity index is 2.25. The van der Waals surface area contributed by atoms with Gasteiger partial charge in [0.1, 0.15) is 0 Å². The first-order chi connectivity index (χ1) is 7.36. The average molecular weight is 242 g/mol. The van der Waals surface area contributed by atoms with E-state index in [4.69, 9.17) is 5.73 Å². The molecule has 2 heterocycles. The number of nitrogens with two attached hydrogens (primary N) is 1. The van der Waals surface area contributed by atoms with E-state index >= 15 is 0 Å². The SMILES string of the molecule is CSc1sc(CCCN)c2c1CNCC2. The van der Waals surface area contributed by atoms with E-state index < -0.39 is 0 Å².